The van der Waals surface area contributed by atoms with Gasteiger partial charge in [0.2, 0.25) is 20.7 Å². The van der Waals surface area contributed by atoms with E-state index in [-0.39, 0.29) is 24.1 Å². The predicted molar refractivity (Wildman–Crippen MR) is 185 cm³/mol. The summed E-state index contributed by atoms with van der Waals surface area (Å²) in [7, 11) is -4.00. The van der Waals surface area contributed by atoms with E-state index < -0.39 is 26.6 Å². The summed E-state index contributed by atoms with van der Waals surface area (Å²) < 4.78 is 34.8. The van der Waals surface area contributed by atoms with E-state index in [9.17, 15) is 23.7 Å². The van der Waals surface area contributed by atoms with Crippen molar-refractivity contribution in [1.29, 1.82) is 10.5 Å². The van der Waals surface area contributed by atoms with Crippen LogP contribution in [-0.2, 0) is 27.1 Å². The van der Waals surface area contributed by atoms with Gasteiger partial charge in [-0.3, -0.25) is 4.79 Å². The van der Waals surface area contributed by atoms with E-state index >= 15 is 0 Å². The molecular weight excluding hydrogens is 696 g/mol. The zero-order valence-corrected chi connectivity index (χ0v) is 28.5. The van der Waals surface area contributed by atoms with Crippen molar-refractivity contribution in [3.63, 3.8) is 0 Å². The number of amides is 1. The van der Waals surface area contributed by atoms with Crippen LogP contribution < -0.4 is 9.64 Å². The fourth-order valence-corrected chi connectivity index (χ4v) is 9.21. The molecule has 0 radical (unpaired) electrons. The van der Waals surface area contributed by atoms with Crippen LogP contribution in [0.4, 0.5) is 5.69 Å². The average molecular weight is 728 g/mol. The van der Waals surface area contributed by atoms with Crippen LogP contribution in [0, 0.1) is 22.7 Å². The number of hydrogen-bond donors (Lipinski definition) is 0. The molecule has 6 rings (SSSR count). The van der Waals surface area contributed by atoms with Gasteiger partial charge in [-0.2, -0.15) is 14.8 Å². The standard InChI is InChI=1S/C36H31BrN4O4S2/c37-28-15-13-26(14-16-28)21-40-33-18-17-31(47(43,44)41-19-7-10-29(41)22-45-30-11-5-2-6-12-30)20-32(33)34(35(40)42)36(24-38,25-39)46-23-27-8-3-1-4-9-27/h1-6,8-9,11-18,20,29,34H,7,10,19,21-23H2/t29-,34?/m0/s1. The van der Waals surface area contributed by atoms with Gasteiger partial charge in [-0.1, -0.05) is 76.6 Å². The summed E-state index contributed by atoms with van der Waals surface area (Å²) in [5, 5.41) is 21.1. The Kier molecular flexibility index (Phi) is 9.72. The minimum absolute atomic E-state index is 0.0176. The van der Waals surface area contributed by atoms with E-state index in [2.05, 4.69) is 28.1 Å². The van der Waals surface area contributed by atoms with Crippen molar-refractivity contribution in [2.24, 2.45) is 0 Å². The van der Waals surface area contributed by atoms with Crippen molar-refractivity contribution in [2.75, 3.05) is 18.1 Å². The van der Waals surface area contributed by atoms with Gasteiger partial charge < -0.3 is 9.64 Å². The number of ether oxygens (including phenoxy) is 1. The minimum atomic E-state index is -4.00. The van der Waals surface area contributed by atoms with E-state index in [0.717, 1.165) is 27.4 Å². The Labute approximate surface area is 287 Å². The Bertz CT molecular complexity index is 1930. The van der Waals surface area contributed by atoms with Crippen molar-refractivity contribution in [2.45, 2.75) is 46.7 Å². The normalized spacial score (nSPS) is 18.0. The molecule has 1 amide bonds. The van der Waals surface area contributed by atoms with Gasteiger partial charge >= 0.3 is 0 Å². The molecule has 4 aromatic carbocycles. The number of sulfonamides is 1. The molecule has 0 spiro atoms. The van der Waals surface area contributed by atoms with Crippen molar-refractivity contribution in [3.8, 4) is 17.9 Å². The highest BCUT2D eigenvalue weighted by Gasteiger charge is 2.53. The van der Waals surface area contributed by atoms with Crippen LogP contribution in [0.1, 0.15) is 35.4 Å². The van der Waals surface area contributed by atoms with Gasteiger partial charge in [-0.05, 0) is 72.0 Å². The summed E-state index contributed by atoms with van der Waals surface area (Å²) in [6.07, 6.45) is 1.35. The summed E-state index contributed by atoms with van der Waals surface area (Å²) in [5.41, 5.74) is 2.59. The maximum atomic E-state index is 14.3. The van der Waals surface area contributed by atoms with E-state index in [4.69, 9.17) is 4.74 Å². The maximum absolute atomic E-state index is 14.3. The Balaban J connectivity index is 1.37. The van der Waals surface area contributed by atoms with Gasteiger partial charge in [-0.15, -0.1) is 11.8 Å². The highest BCUT2D eigenvalue weighted by Crippen LogP contribution is 2.50. The number of nitriles is 2. The molecule has 4 aromatic rings. The van der Waals surface area contributed by atoms with Crippen molar-refractivity contribution in [3.05, 3.63) is 124 Å². The first kappa shape index (κ1) is 32.8. The fraction of sp³-hybridized carbons (Fsp3) is 0.250. The number of carbonyl (C=O) groups excluding carboxylic acids is 1. The molecule has 2 heterocycles. The number of carbonyl (C=O) groups is 1. The third-order valence-corrected chi connectivity index (χ3v) is 12.4. The second-order valence-corrected chi connectivity index (χ2v) is 15.5. The summed E-state index contributed by atoms with van der Waals surface area (Å²) in [6.45, 7) is 0.745. The third-order valence-electron chi connectivity index (χ3n) is 8.53. The van der Waals surface area contributed by atoms with Gasteiger partial charge in [0.1, 0.15) is 18.3 Å². The number of para-hydroxylation sites is 1. The van der Waals surface area contributed by atoms with Gasteiger partial charge in [0, 0.05) is 22.5 Å². The molecule has 8 nitrogen and oxygen atoms in total. The summed E-state index contributed by atoms with van der Waals surface area (Å²) in [5.74, 6) is -0.638. The Morgan fingerprint density at radius 1 is 0.915 bits per heavy atom. The van der Waals surface area contributed by atoms with Crippen LogP contribution in [0.3, 0.4) is 0 Å². The summed E-state index contributed by atoms with van der Waals surface area (Å²) in [4.78, 5) is 15.9. The van der Waals surface area contributed by atoms with Gasteiger partial charge in [-0.25, -0.2) is 8.42 Å². The molecule has 0 N–H and O–H groups in total. The maximum Gasteiger partial charge on any atom is 0.243 e. The van der Waals surface area contributed by atoms with Gasteiger partial charge in [0.25, 0.3) is 0 Å². The Morgan fingerprint density at radius 2 is 1.60 bits per heavy atom. The lowest BCUT2D eigenvalue weighted by Crippen LogP contribution is -2.39. The van der Waals surface area contributed by atoms with E-state index in [0.29, 0.717) is 42.1 Å². The number of halogens is 1. The smallest absolute Gasteiger partial charge is 0.243 e. The number of fused-ring (bicyclic) bond motifs is 1. The monoisotopic (exact) mass is 726 g/mol. The largest absolute Gasteiger partial charge is 0.492 e. The number of benzene rings is 4. The van der Waals surface area contributed by atoms with Gasteiger partial charge in [0.05, 0.1) is 29.6 Å². The molecule has 2 aliphatic rings. The fourth-order valence-electron chi connectivity index (χ4n) is 6.12. The zero-order chi connectivity index (χ0) is 33.0. The number of hydrogen-bond acceptors (Lipinski definition) is 7. The molecule has 11 heteroatoms. The molecule has 1 saturated heterocycles. The van der Waals surface area contributed by atoms with Crippen molar-refractivity contribution < 1.29 is 17.9 Å². The predicted octanol–water partition coefficient (Wildman–Crippen LogP) is 7.03. The Hall–Kier alpha value is -4.13. The molecule has 238 valence electrons. The zero-order valence-electron chi connectivity index (χ0n) is 25.3. The third kappa shape index (κ3) is 6.67. The lowest BCUT2D eigenvalue weighted by Gasteiger charge is -2.26. The van der Waals surface area contributed by atoms with Crippen molar-refractivity contribution >= 4 is 49.3 Å². The molecular formula is C36H31BrN4O4S2. The highest BCUT2D eigenvalue weighted by atomic mass is 79.9. The first-order valence-corrected chi connectivity index (χ1v) is 18.4. The molecule has 0 bridgehead atoms. The van der Waals surface area contributed by atoms with Crippen LogP contribution in [0.5, 0.6) is 5.75 Å². The molecule has 0 aromatic heterocycles. The number of anilines is 1. The summed E-state index contributed by atoms with van der Waals surface area (Å²) >= 11 is 4.53. The molecule has 47 heavy (non-hydrogen) atoms. The van der Waals surface area contributed by atoms with Crippen LogP contribution in [-0.4, -0.2) is 42.6 Å². The minimum Gasteiger partial charge on any atom is -0.492 e. The first-order chi connectivity index (χ1) is 22.8. The van der Waals surface area contributed by atoms with Crippen LogP contribution in [0.15, 0.2) is 112 Å². The van der Waals surface area contributed by atoms with E-state index in [1.165, 1.54) is 16.4 Å². The number of thioether (sulfide) groups is 1. The van der Waals surface area contributed by atoms with Crippen molar-refractivity contribution in [1.82, 2.24) is 4.31 Å². The number of nitrogens with zero attached hydrogens (tertiary/aromatic N) is 4. The van der Waals surface area contributed by atoms with Crippen LogP contribution in [0.2, 0.25) is 0 Å². The lowest BCUT2D eigenvalue weighted by atomic mass is 9.88. The second kappa shape index (κ2) is 13.9. The molecule has 1 unspecified atom stereocenters. The van der Waals surface area contributed by atoms with Crippen LogP contribution >= 0.6 is 27.7 Å². The Morgan fingerprint density at radius 3 is 2.28 bits per heavy atom. The molecule has 1 fully saturated rings. The molecule has 0 aliphatic carbocycles. The van der Waals surface area contributed by atoms with Gasteiger partial charge in [0.15, 0.2) is 0 Å². The summed E-state index contributed by atoms with van der Waals surface area (Å²) in [6, 6.07) is 34.8. The highest BCUT2D eigenvalue weighted by molar-refractivity contribution is 9.10. The quantitative estimate of drug-likeness (QED) is 0.163. The average Bonchev–Trinajstić information content (AvgIpc) is 3.69. The lowest BCUT2D eigenvalue weighted by molar-refractivity contribution is -0.119. The SMILES string of the molecule is N#CC(C#N)(SCc1ccccc1)C1C(=O)N(Cc2ccc(Br)cc2)c2ccc(S(=O)(=O)N3CCC[C@H]3COc3ccccc3)cc21. The molecule has 2 atom stereocenters. The first-order valence-electron chi connectivity index (χ1n) is 15.2. The number of rotatable bonds is 11. The van der Waals surface area contributed by atoms with E-state index in [1.54, 1.807) is 11.0 Å². The van der Waals surface area contributed by atoms with Crippen LogP contribution in [0.25, 0.3) is 0 Å². The topological polar surface area (TPSA) is 114 Å². The second-order valence-electron chi connectivity index (χ2n) is 11.5. The molecule has 2 aliphatic heterocycles. The molecule has 0 saturated carbocycles. The van der Waals surface area contributed by atoms with E-state index in [1.807, 2.05) is 84.9 Å².